The van der Waals surface area contributed by atoms with E-state index in [1.807, 2.05) is 55.3 Å². The summed E-state index contributed by atoms with van der Waals surface area (Å²) in [6, 6.07) is 14.6. The molecule has 2 aromatic rings. The minimum Gasteiger partial charge on any atom is -0.355 e. The van der Waals surface area contributed by atoms with Crippen molar-refractivity contribution < 1.29 is 9.59 Å². The van der Waals surface area contributed by atoms with E-state index in [1.54, 1.807) is 19.2 Å². The number of hydrogen-bond donors (Lipinski definition) is 2. The van der Waals surface area contributed by atoms with Crippen LogP contribution in [0.5, 0.6) is 0 Å². The molecule has 0 heterocycles. The summed E-state index contributed by atoms with van der Waals surface area (Å²) in [6.45, 7) is 2.48. The van der Waals surface area contributed by atoms with E-state index in [4.69, 9.17) is 0 Å². The number of carbonyl (C=O) groups excluding carboxylic acids is 2. The number of rotatable bonds is 6. The number of carbonyl (C=O) groups is 2. The number of anilines is 1. The molecule has 0 aromatic heterocycles. The lowest BCUT2D eigenvalue weighted by atomic mass is 10.1. The van der Waals surface area contributed by atoms with Crippen LogP contribution in [-0.2, 0) is 11.3 Å². The molecule has 2 aromatic carbocycles. The minimum atomic E-state index is -0.294. The Bertz CT molecular complexity index is 747. The Morgan fingerprint density at radius 3 is 2.44 bits per heavy atom. The van der Waals surface area contributed by atoms with Crippen LogP contribution in [-0.4, -0.2) is 36.9 Å². The maximum Gasteiger partial charge on any atom is 0.251 e. The third-order valence-corrected chi connectivity index (χ3v) is 4.50. The van der Waals surface area contributed by atoms with Crippen molar-refractivity contribution in [2.24, 2.45) is 0 Å². The highest BCUT2D eigenvalue weighted by molar-refractivity contribution is 9.10. The van der Waals surface area contributed by atoms with E-state index in [9.17, 15) is 9.59 Å². The lowest BCUT2D eigenvalue weighted by Crippen LogP contribution is -2.39. The number of benzene rings is 2. The number of halogens is 1. The maximum absolute atomic E-state index is 12.4. The maximum atomic E-state index is 12.4. The molecule has 5 nitrogen and oxygen atoms in total. The summed E-state index contributed by atoms with van der Waals surface area (Å²) in [5, 5.41) is 5.51. The molecule has 6 heteroatoms. The van der Waals surface area contributed by atoms with E-state index < -0.39 is 0 Å². The molecule has 0 aliphatic rings. The normalized spacial score (nSPS) is 11.9. The van der Waals surface area contributed by atoms with Gasteiger partial charge in [0.2, 0.25) is 5.91 Å². The minimum absolute atomic E-state index is 0.0671. The van der Waals surface area contributed by atoms with Gasteiger partial charge in [0.05, 0.1) is 6.04 Å². The Morgan fingerprint density at radius 1 is 1.16 bits per heavy atom. The van der Waals surface area contributed by atoms with Gasteiger partial charge < -0.3 is 10.6 Å². The molecule has 1 atom stereocenters. The van der Waals surface area contributed by atoms with Crippen LogP contribution in [0.1, 0.15) is 22.8 Å². The highest BCUT2D eigenvalue weighted by Gasteiger charge is 2.18. The Kier molecular flexibility index (Phi) is 6.73. The van der Waals surface area contributed by atoms with Gasteiger partial charge in [-0.05, 0) is 49.9 Å². The molecule has 0 aliphatic heterocycles. The van der Waals surface area contributed by atoms with Gasteiger partial charge in [0, 0.05) is 29.3 Å². The first-order valence-electron chi connectivity index (χ1n) is 7.98. The fourth-order valence-corrected chi connectivity index (χ4v) is 2.74. The van der Waals surface area contributed by atoms with Crippen molar-refractivity contribution in [1.82, 2.24) is 10.2 Å². The molecule has 0 saturated heterocycles. The first kappa shape index (κ1) is 19.1. The number of likely N-dealkylation sites (N-methyl/N-ethyl adjacent to an activating group) is 1. The fourth-order valence-electron chi connectivity index (χ4n) is 2.34. The number of nitrogens with zero attached hydrogens (tertiary/aromatic N) is 1. The quantitative estimate of drug-likeness (QED) is 0.777. The van der Waals surface area contributed by atoms with Gasteiger partial charge in [-0.2, -0.15) is 0 Å². The first-order valence-corrected chi connectivity index (χ1v) is 8.77. The smallest absolute Gasteiger partial charge is 0.251 e. The van der Waals surface area contributed by atoms with Gasteiger partial charge in [0.1, 0.15) is 0 Å². The molecular weight excluding hydrogens is 382 g/mol. The van der Waals surface area contributed by atoms with Gasteiger partial charge in [-0.15, -0.1) is 0 Å². The van der Waals surface area contributed by atoms with Crippen molar-refractivity contribution in [2.45, 2.75) is 19.5 Å². The summed E-state index contributed by atoms with van der Waals surface area (Å²) in [6.07, 6.45) is 0. The second-order valence-corrected chi connectivity index (χ2v) is 6.78. The fraction of sp³-hybridized carbons (Fsp3) is 0.263. The molecule has 1 unspecified atom stereocenters. The summed E-state index contributed by atoms with van der Waals surface area (Å²) < 4.78 is 0.919. The van der Waals surface area contributed by atoms with E-state index in [-0.39, 0.29) is 17.9 Å². The van der Waals surface area contributed by atoms with Crippen LogP contribution in [0.2, 0.25) is 0 Å². The SMILES string of the molecule is CNC(=O)c1ccc(CN(C)C(C)C(=O)Nc2cccc(Br)c2)cc1. The lowest BCUT2D eigenvalue weighted by Gasteiger charge is -2.24. The molecule has 0 radical (unpaired) electrons. The van der Waals surface area contributed by atoms with Crippen LogP contribution in [0.25, 0.3) is 0 Å². The van der Waals surface area contributed by atoms with Gasteiger partial charge in [0.25, 0.3) is 5.91 Å². The molecule has 0 aliphatic carbocycles. The van der Waals surface area contributed by atoms with E-state index in [1.165, 1.54) is 0 Å². The molecular formula is C19H22BrN3O2. The van der Waals surface area contributed by atoms with E-state index >= 15 is 0 Å². The van der Waals surface area contributed by atoms with Crippen LogP contribution in [0, 0.1) is 0 Å². The highest BCUT2D eigenvalue weighted by atomic mass is 79.9. The molecule has 0 bridgehead atoms. The molecule has 132 valence electrons. The van der Waals surface area contributed by atoms with E-state index in [0.29, 0.717) is 12.1 Å². The molecule has 0 spiro atoms. The third kappa shape index (κ3) is 5.41. The van der Waals surface area contributed by atoms with Gasteiger partial charge in [-0.1, -0.05) is 34.1 Å². The molecule has 2 amide bonds. The van der Waals surface area contributed by atoms with Crippen molar-refractivity contribution in [1.29, 1.82) is 0 Å². The van der Waals surface area contributed by atoms with Crippen LogP contribution >= 0.6 is 15.9 Å². The number of hydrogen-bond acceptors (Lipinski definition) is 3. The third-order valence-electron chi connectivity index (χ3n) is 4.01. The number of amides is 2. The Morgan fingerprint density at radius 2 is 1.84 bits per heavy atom. The van der Waals surface area contributed by atoms with Crippen molar-refractivity contribution in [2.75, 3.05) is 19.4 Å². The van der Waals surface area contributed by atoms with Crippen molar-refractivity contribution >= 4 is 33.4 Å². The van der Waals surface area contributed by atoms with Gasteiger partial charge in [-0.3, -0.25) is 14.5 Å². The first-order chi connectivity index (χ1) is 11.9. The van der Waals surface area contributed by atoms with Crippen molar-refractivity contribution in [3.05, 3.63) is 64.1 Å². The Hall–Kier alpha value is -2.18. The Labute approximate surface area is 156 Å². The molecule has 2 rings (SSSR count). The lowest BCUT2D eigenvalue weighted by molar-refractivity contribution is -0.120. The monoisotopic (exact) mass is 403 g/mol. The highest BCUT2D eigenvalue weighted by Crippen LogP contribution is 2.16. The van der Waals surface area contributed by atoms with Crippen molar-refractivity contribution in [3.8, 4) is 0 Å². The zero-order valence-electron chi connectivity index (χ0n) is 14.5. The van der Waals surface area contributed by atoms with E-state index in [2.05, 4.69) is 26.6 Å². The average Bonchev–Trinajstić information content (AvgIpc) is 2.61. The Balaban J connectivity index is 1.96. The standard InChI is InChI=1S/C19H22BrN3O2/c1-13(18(24)22-17-6-4-5-16(20)11-17)23(3)12-14-7-9-15(10-8-14)19(25)21-2/h4-11,13H,12H2,1-3H3,(H,21,25)(H,22,24). The predicted molar refractivity (Wildman–Crippen MR) is 104 cm³/mol. The number of nitrogens with one attached hydrogen (secondary N) is 2. The molecule has 2 N–H and O–H groups in total. The summed E-state index contributed by atoms with van der Waals surface area (Å²) >= 11 is 3.39. The summed E-state index contributed by atoms with van der Waals surface area (Å²) in [5.74, 6) is -0.177. The largest absolute Gasteiger partial charge is 0.355 e. The molecule has 0 fully saturated rings. The van der Waals surface area contributed by atoms with Gasteiger partial charge in [0.15, 0.2) is 0 Å². The topological polar surface area (TPSA) is 61.4 Å². The average molecular weight is 404 g/mol. The van der Waals surface area contributed by atoms with Gasteiger partial charge in [-0.25, -0.2) is 0 Å². The zero-order valence-corrected chi connectivity index (χ0v) is 16.1. The second-order valence-electron chi connectivity index (χ2n) is 5.87. The van der Waals surface area contributed by atoms with E-state index in [0.717, 1.165) is 15.7 Å². The second kappa shape index (κ2) is 8.78. The zero-order chi connectivity index (χ0) is 18.4. The summed E-state index contributed by atoms with van der Waals surface area (Å²) in [4.78, 5) is 25.9. The molecule has 25 heavy (non-hydrogen) atoms. The van der Waals surface area contributed by atoms with Crippen LogP contribution in [0.3, 0.4) is 0 Å². The summed E-state index contributed by atoms with van der Waals surface area (Å²) in [5.41, 5.74) is 2.42. The summed E-state index contributed by atoms with van der Waals surface area (Å²) in [7, 11) is 3.51. The predicted octanol–water partition coefficient (Wildman–Crippen LogP) is 3.27. The van der Waals surface area contributed by atoms with Crippen LogP contribution in [0.15, 0.2) is 53.0 Å². The molecule has 0 saturated carbocycles. The van der Waals surface area contributed by atoms with Crippen LogP contribution < -0.4 is 10.6 Å². The van der Waals surface area contributed by atoms with Gasteiger partial charge >= 0.3 is 0 Å². The van der Waals surface area contributed by atoms with Crippen LogP contribution in [0.4, 0.5) is 5.69 Å². The van der Waals surface area contributed by atoms with Crippen molar-refractivity contribution in [3.63, 3.8) is 0 Å².